The Balaban J connectivity index is 0.000000290. The van der Waals surface area contributed by atoms with Gasteiger partial charge in [0, 0.05) is 39.0 Å². The van der Waals surface area contributed by atoms with E-state index in [0.29, 0.717) is 22.6 Å². The molecule has 2 aromatic carbocycles. The monoisotopic (exact) mass is 744 g/mol. The van der Waals surface area contributed by atoms with Gasteiger partial charge in [0.15, 0.2) is 0 Å². The van der Waals surface area contributed by atoms with Crippen LogP contribution in [-0.2, 0) is 9.59 Å². The summed E-state index contributed by atoms with van der Waals surface area (Å²) >= 11 is 0. The van der Waals surface area contributed by atoms with Gasteiger partial charge in [-0.05, 0) is 75.6 Å². The summed E-state index contributed by atoms with van der Waals surface area (Å²) in [6.45, 7) is 16.0. The Bertz CT molecular complexity index is 1490. The lowest BCUT2D eigenvalue weighted by Crippen LogP contribution is -2.52. The molecule has 54 heavy (non-hydrogen) atoms. The minimum absolute atomic E-state index is 0.00749. The zero-order valence-electron chi connectivity index (χ0n) is 34.1. The lowest BCUT2D eigenvalue weighted by molar-refractivity contribution is -0.128. The summed E-state index contributed by atoms with van der Waals surface area (Å²) in [6.07, 6.45) is 13.0. The van der Waals surface area contributed by atoms with E-state index in [1.54, 1.807) is 36.0 Å². The van der Waals surface area contributed by atoms with Crippen molar-refractivity contribution >= 4 is 23.6 Å². The molecule has 0 unspecified atom stereocenters. The summed E-state index contributed by atoms with van der Waals surface area (Å²) in [4.78, 5) is 55.3. The van der Waals surface area contributed by atoms with Crippen molar-refractivity contribution in [2.24, 2.45) is 11.8 Å². The van der Waals surface area contributed by atoms with E-state index in [1.807, 2.05) is 77.9 Å². The zero-order valence-corrected chi connectivity index (χ0v) is 34.1. The van der Waals surface area contributed by atoms with Crippen LogP contribution < -0.4 is 20.1 Å². The lowest BCUT2D eigenvalue weighted by atomic mass is 9.99. The SMILES string of the molecule is CC[C@H]1C/C=C/C[C@H](C)Oc2ccccc2C(=O)N(C)[C@H](C(C)C)C(=O)N1.CC[C@H]1C/C=C\C[C@H](C)Oc2ccccc2C(=O)N(C)[C@H](C(C)C)C(=O)N1. The molecule has 0 aromatic heterocycles. The van der Waals surface area contributed by atoms with Crippen molar-refractivity contribution in [1.29, 1.82) is 0 Å². The molecule has 296 valence electrons. The van der Waals surface area contributed by atoms with Crippen LogP contribution in [-0.4, -0.2) is 83.9 Å². The summed E-state index contributed by atoms with van der Waals surface area (Å²) in [5.41, 5.74) is 0.969. The number of para-hydroxylation sites is 2. The Morgan fingerprint density at radius 3 is 1.26 bits per heavy atom. The van der Waals surface area contributed by atoms with Gasteiger partial charge >= 0.3 is 0 Å². The normalized spacial score (nSPS) is 26.0. The molecular formula is C44H64N4O6. The van der Waals surface area contributed by atoms with Crippen molar-refractivity contribution in [1.82, 2.24) is 20.4 Å². The molecule has 0 fully saturated rings. The summed E-state index contributed by atoms with van der Waals surface area (Å²) in [6, 6.07) is 13.5. The maximum absolute atomic E-state index is 13.2. The molecule has 0 saturated heterocycles. The van der Waals surface area contributed by atoms with E-state index in [-0.39, 0.29) is 59.8 Å². The molecule has 0 aliphatic carbocycles. The zero-order chi connectivity index (χ0) is 39.9. The number of hydrogen-bond donors (Lipinski definition) is 2. The standard InChI is InChI=1S/2C22H32N2O3/c2*1-6-17-12-8-7-11-16(4)27-19-14-10-9-13-18(19)22(26)24(5)20(15(2)3)21(25)23-17/h2*7-10,13-17,20H,6,11-12H2,1-5H3,(H,23,25)/b8-7+;8-7-/t2*16-,17-,20+/m00/s1. The summed E-state index contributed by atoms with van der Waals surface area (Å²) in [5.74, 6) is 0.483. The molecule has 2 aliphatic rings. The van der Waals surface area contributed by atoms with Gasteiger partial charge in [-0.2, -0.15) is 0 Å². The summed E-state index contributed by atoms with van der Waals surface area (Å²) in [7, 11) is 3.39. The van der Waals surface area contributed by atoms with Crippen LogP contribution in [0.5, 0.6) is 11.5 Å². The first-order valence-corrected chi connectivity index (χ1v) is 19.7. The van der Waals surface area contributed by atoms with Gasteiger partial charge in [-0.3, -0.25) is 19.2 Å². The maximum Gasteiger partial charge on any atom is 0.258 e. The largest absolute Gasteiger partial charge is 0.490 e. The molecule has 2 aliphatic heterocycles. The first-order chi connectivity index (χ1) is 25.7. The van der Waals surface area contributed by atoms with E-state index in [9.17, 15) is 19.2 Å². The van der Waals surface area contributed by atoms with Gasteiger partial charge < -0.3 is 29.9 Å². The highest BCUT2D eigenvalue weighted by molar-refractivity contribution is 6.00. The Hall–Kier alpha value is -4.60. The van der Waals surface area contributed by atoms with Crippen molar-refractivity contribution in [3.8, 4) is 11.5 Å². The number of nitrogens with zero attached hydrogens (tertiary/aromatic N) is 2. The number of rotatable bonds is 4. The number of hydrogen-bond acceptors (Lipinski definition) is 6. The van der Waals surface area contributed by atoms with E-state index in [0.717, 1.165) is 38.5 Å². The number of fused-ring (bicyclic) bond motifs is 2. The number of ether oxygens (including phenoxy) is 2. The second kappa shape index (κ2) is 21.3. The van der Waals surface area contributed by atoms with Crippen molar-refractivity contribution in [2.45, 2.75) is 130 Å². The molecule has 2 heterocycles. The molecule has 0 bridgehead atoms. The van der Waals surface area contributed by atoms with Crippen LogP contribution in [0.15, 0.2) is 72.8 Å². The molecule has 0 radical (unpaired) electrons. The van der Waals surface area contributed by atoms with Gasteiger partial charge in [-0.25, -0.2) is 0 Å². The predicted octanol–water partition coefficient (Wildman–Crippen LogP) is 7.59. The molecule has 4 rings (SSSR count). The number of benzene rings is 2. The lowest BCUT2D eigenvalue weighted by Gasteiger charge is -2.32. The predicted molar refractivity (Wildman–Crippen MR) is 216 cm³/mol. The highest BCUT2D eigenvalue weighted by atomic mass is 16.5. The highest BCUT2D eigenvalue weighted by Crippen LogP contribution is 2.26. The van der Waals surface area contributed by atoms with Crippen molar-refractivity contribution in [2.75, 3.05) is 14.1 Å². The second-order valence-corrected chi connectivity index (χ2v) is 15.2. The maximum atomic E-state index is 13.2. The minimum atomic E-state index is -0.538. The van der Waals surface area contributed by atoms with E-state index < -0.39 is 12.1 Å². The van der Waals surface area contributed by atoms with Gasteiger partial charge in [-0.15, -0.1) is 0 Å². The number of nitrogens with one attached hydrogen (secondary N) is 2. The van der Waals surface area contributed by atoms with E-state index >= 15 is 0 Å². The Labute approximate surface area is 323 Å². The Morgan fingerprint density at radius 1 is 0.593 bits per heavy atom. The molecule has 2 aromatic rings. The quantitative estimate of drug-likeness (QED) is 0.312. The second-order valence-electron chi connectivity index (χ2n) is 15.2. The fourth-order valence-corrected chi connectivity index (χ4v) is 6.83. The van der Waals surface area contributed by atoms with Crippen LogP contribution in [0.25, 0.3) is 0 Å². The molecule has 10 heteroatoms. The van der Waals surface area contributed by atoms with Crippen molar-refractivity contribution < 1.29 is 28.7 Å². The molecule has 0 saturated carbocycles. The molecule has 0 spiro atoms. The topological polar surface area (TPSA) is 117 Å². The number of carbonyl (C=O) groups is 4. The average molecular weight is 745 g/mol. The van der Waals surface area contributed by atoms with Gasteiger partial charge in [-0.1, -0.05) is 90.1 Å². The molecule has 2 N–H and O–H groups in total. The third-order valence-electron chi connectivity index (χ3n) is 9.96. The molecule has 10 nitrogen and oxygen atoms in total. The highest BCUT2D eigenvalue weighted by Gasteiger charge is 2.34. The van der Waals surface area contributed by atoms with Crippen LogP contribution in [0.2, 0.25) is 0 Å². The minimum Gasteiger partial charge on any atom is -0.490 e. The van der Waals surface area contributed by atoms with Gasteiger partial charge in [0.1, 0.15) is 23.6 Å². The van der Waals surface area contributed by atoms with Crippen LogP contribution in [0.1, 0.15) is 115 Å². The van der Waals surface area contributed by atoms with Crippen LogP contribution >= 0.6 is 0 Å². The van der Waals surface area contributed by atoms with Crippen LogP contribution in [0.4, 0.5) is 0 Å². The first-order valence-electron chi connectivity index (χ1n) is 19.7. The van der Waals surface area contributed by atoms with Gasteiger partial charge in [0.05, 0.1) is 23.3 Å². The molecule has 6 atom stereocenters. The van der Waals surface area contributed by atoms with Crippen molar-refractivity contribution in [3.05, 3.63) is 84.0 Å². The molecular weight excluding hydrogens is 681 g/mol. The molecule has 4 amide bonds. The Kier molecular flexibility index (Phi) is 17.3. The van der Waals surface area contributed by atoms with Gasteiger partial charge in [0.25, 0.3) is 11.8 Å². The number of carbonyl (C=O) groups excluding carboxylic acids is 4. The fourth-order valence-electron chi connectivity index (χ4n) is 6.83. The van der Waals surface area contributed by atoms with Crippen LogP contribution in [0.3, 0.4) is 0 Å². The first kappa shape index (κ1) is 43.8. The van der Waals surface area contributed by atoms with Crippen molar-refractivity contribution in [3.63, 3.8) is 0 Å². The van der Waals surface area contributed by atoms with E-state index in [2.05, 4.69) is 48.8 Å². The number of amides is 4. The average Bonchev–Trinajstić information content (AvgIpc) is 3.13. The summed E-state index contributed by atoms with van der Waals surface area (Å²) < 4.78 is 12.1. The van der Waals surface area contributed by atoms with Gasteiger partial charge in [0.2, 0.25) is 11.8 Å². The van der Waals surface area contributed by atoms with E-state index in [1.165, 1.54) is 0 Å². The number of likely N-dealkylation sites (N-methyl/N-ethyl adjacent to an activating group) is 2. The summed E-state index contributed by atoms with van der Waals surface area (Å²) in [5, 5.41) is 6.25. The van der Waals surface area contributed by atoms with E-state index in [4.69, 9.17) is 9.47 Å². The van der Waals surface area contributed by atoms with Crippen LogP contribution in [0, 0.1) is 11.8 Å². The smallest absolute Gasteiger partial charge is 0.258 e. The third kappa shape index (κ3) is 12.2. The fraction of sp³-hybridized carbons (Fsp3) is 0.545. The Morgan fingerprint density at radius 2 is 0.926 bits per heavy atom. The third-order valence-corrected chi connectivity index (χ3v) is 9.96.